The largest absolute Gasteiger partial charge is 0.370 e. The zero-order valence-electron chi connectivity index (χ0n) is 15.0. The quantitative estimate of drug-likeness (QED) is 0.710. The van der Waals surface area contributed by atoms with Gasteiger partial charge in [-0.2, -0.15) is 4.68 Å². The Labute approximate surface area is 156 Å². The first-order valence-electron chi connectivity index (χ1n) is 8.95. The number of hydrogen-bond acceptors (Lipinski definition) is 5. The van der Waals surface area contributed by atoms with Crippen molar-refractivity contribution >= 4 is 16.8 Å². The first-order valence-corrected chi connectivity index (χ1v) is 8.95. The first kappa shape index (κ1) is 17.4. The van der Waals surface area contributed by atoms with Gasteiger partial charge in [0.05, 0.1) is 18.5 Å². The molecule has 0 saturated carbocycles. The second-order valence-corrected chi connectivity index (χ2v) is 6.59. The fraction of sp³-hybridized carbons (Fsp3) is 0.300. The number of hydrogen-bond donors (Lipinski definition) is 0. The summed E-state index contributed by atoms with van der Waals surface area (Å²) in [5.74, 6) is -0.161. The maximum Gasteiger partial charge on any atom is 0.278 e. The van der Waals surface area contributed by atoms with Gasteiger partial charge in [0.2, 0.25) is 5.91 Å². The van der Waals surface area contributed by atoms with Crippen molar-refractivity contribution in [2.24, 2.45) is 0 Å². The van der Waals surface area contributed by atoms with Gasteiger partial charge in [0.15, 0.2) is 0 Å². The molecular weight excluding hydrogens is 344 g/mol. The second kappa shape index (κ2) is 7.28. The van der Waals surface area contributed by atoms with Crippen LogP contribution in [0.3, 0.4) is 0 Å². The molecule has 27 heavy (non-hydrogen) atoms. The molecule has 7 nitrogen and oxygen atoms in total. The van der Waals surface area contributed by atoms with Gasteiger partial charge in [0.25, 0.3) is 5.56 Å². The molecule has 1 saturated heterocycles. The number of amides is 1. The summed E-state index contributed by atoms with van der Waals surface area (Å²) in [6, 6.07) is 16.1. The summed E-state index contributed by atoms with van der Waals surface area (Å²) in [6.07, 6.45) is -0.171. The number of carbonyl (C=O) groups excluding carboxylic acids is 1. The summed E-state index contributed by atoms with van der Waals surface area (Å²) in [4.78, 5) is 27.4. The zero-order chi connectivity index (χ0) is 18.8. The van der Waals surface area contributed by atoms with Crippen LogP contribution in [0.4, 0.5) is 0 Å². The van der Waals surface area contributed by atoms with Crippen molar-refractivity contribution in [3.8, 4) is 0 Å². The summed E-state index contributed by atoms with van der Waals surface area (Å²) in [5, 5.41) is 8.50. The molecule has 1 aliphatic rings. The standard InChI is InChI=1S/C20H20N4O3/c1-14(24-20(26)16-9-5-6-10-17(16)21-22-24)19(25)23-11-12-27-18(13-23)15-7-3-2-4-8-15/h2-10,14,18H,11-13H2,1H3/t14-,18?/m0/s1. The van der Waals surface area contributed by atoms with Crippen LogP contribution in [0.1, 0.15) is 24.6 Å². The van der Waals surface area contributed by atoms with Gasteiger partial charge < -0.3 is 9.64 Å². The second-order valence-electron chi connectivity index (χ2n) is 6.59. The molecule has 1 amide bonds. The van der Waals surface area contributed by atoms with Crippen molar-refractivity contribution in [1.29, 1.82) is 0 Å². The van der Waals surface area contributed by atoms with Crippen molar-refractivity contribution in [2.75, 3.05) is 19.7 Å². The summed E-state index contributed by atoms with van der Waals surface area (Å²) >= 11 is 0. The van der Waals surface area contributed by atoms with E-state index < -0.39 is 6.04 Å². The normalized spacial score (nSPS) is 18.4. The molecule has 3 aromatic rings. The average molecular weight is 364 g/mol. The van der Waals surface area contributed by atoms with Crippen LogP contribution in [-0.4, -0.2) is 45.5 Å². The summed E-state index contributed by atoms with van der Waals surface area (Å²) in [5.41, 5.74) is 1.24. The Kier molecular flexibility index (Phi) is 4.68. The van der Waals surface area contributed by atoms with Crippen LogP contribution in [-0.2, 0) is 9.53 Å². The van der Waals surface area contributed by atoms with Crippen LogP contribution in [0.2, 0.25) is 0 Å². The molecule has 2 atom stereocenters. The Morgan fingerprint density at radius 3 is 2.70 bits per heavy atom. The highest BCUT2D eigenvalue weighted by Gasteiger charge is 2.30. The highest BCUT2D eigenvalue weighted by molar-refractivity contribution is 5.81. The number of nitrogens with zero attached hydrogens (tertiary/aromatic N) is 4. The van der Waals surface area contributed by atoms with Crippen LogP contribution in [0.15, 0.2) is 59.4 Å². The van der Waals surface area contributed by atoms with Crippen LogP contribution >= 0.6 is 0 Å². The van der Waals surface area contributed by atoms with Crippen molar-refractivity contribution in [1.82, 2.24) is 19.9 Å². The SMILES string of the molecule is C[C@@H](C(=O)N1CCOC(c2ccccc2)C1)n1nnc2ccccc2c1=O. The van der Waals surface area contributed by atoms with E-state index in [-0.39, 0.29) is 17.6 Å². The van der Waals surface area contributed by atoms with E-state index in [2.05, 4.69) is 10.3 Å². The minimum Gasteiger partial charge on any atom is -0.370 e. The number of carbonyl (C=O) groups is 1. The number of morpholine rings is 1. The minimum absolute atomic E-state index is 0.161. The molecule has 2 heterocycles. The van der Waals surface area contributed by atoms with Crippen molar-refractivity contribution < 1.29 is 9.53 Å². The number of fused-ring (bicyclic) bond motifs is 1. The van der Waals surface area contributed by atoms with E-state index in [4.69, 9.17) is 4.74 Å². The fourth-order valence-electron chi connectivity index (χ4n) is 3.34. The number of benzene rings is 2. The molecule has 1 aromatic heterocycles. The Hall–Kier alpha value is -3.06. The van der Waals surface area contributed by atoms with E-state index in [1.807, 2.05) is 30.3 Å². The summed E-state index contributed by atoms with van der Waals surface area (Å²) in [7, 11) is 0. The Bertz CT molecular complexity index is 1020. The van der Waals surface area contributed by atoms with Crippen molar-refractivity contribution in [2.45, 2.75) is 19.1 Å². The monoisotopic (exact) mass is 364 g/mol. The third kappa shape index (κ3) is 3.33. The van der Waals surface area contributed by atoms with E-state index in [0.29, 0.717) is 30.6 Å². The molecule has 0 spiro atoms. The first-order chi connectivity index (χ1) is 13.1. The Morgan fingerprint density at radius 2 is 1.89 bits per heavy atom. The zero-order valence-corrected chi connectivity index (χ0v) is 15.0. The number of aromatic nitrogens is 3. The highest BCUT2D eigenvalue weighted by Crippen LogP contribution is 2.23. The van der Waals surface area contributed by atoms with Crippen molar-refractivity contribution in [3.05, 3.63) is 70.5 Å². The van der Waals surface area contributed by atoms with Gasteiger partial charge in [-0.05, 0) is 24.6 Å². The molecule has 0 bridgehead atoms. The minimum atomic E-state index is -0.732. The lowest BCUT2D eigenvalue weighted by Gasteiger charge is -2.34. The van der Waals surface area contributed by atoms with E-state index in [9.17, 15) is 9.59 Å². The van der Waals surface area contributed by atoms with Crippen LogP contribution in [0.25, 0.3) is 10.9 Å². The third-order valence-corrected chi connectivity index (χ3v) is 4.87. The molecule has 1 unspecified atom stereocenters. The molecular formula is C20H20N4O3. The smallest absolute Gasteiger partial charge is 0.278 e. The molecule has 0 N–H and O–H groups in total. The number of ether oxygens (including phenoxy) is 1. The van der Waals surface area contributed by atoms with Crippen LogP contribution < -0.4 is 5.56 Å². The third-order valence-electron chi connectivity index (χ3n) is 4.87. The van der Waals surface area contributed by atoms with Gasteiger partial charge in [-0.1, -0.05) is 47.7 Å². The molecule has 0 aliphatic carbocycles. The van der Waals surface area contributed by atoms with Gasteiger partial charge >= 0.3 is 0 Å². The van der Waals surface area contributed by atoms with Crippen LogP contribution in [0.5, 0.6) is 0 Å². The van der Waals surface area contributed by atoms with Gasteiger partial charge in [0, 0.05) is 6.54 Å². The van der Waals surface area contributed by atoms with E-state index in [1.165, 1.54) is 0 Å². The average Bonchev–Trinajstić information content (AvgIpc) is 2.74. The maximum absolute atomic E-state index is 13.0. The molecule has 1 aliphatic heterocycles. The topological polar surface area (TPSA) is 77.3 Å². The molecule has 7 heteroatoms. The van der Waals surface area contributed by atoms with Gasteiger partial charge in [-0.15, -0.1) is 5.10 Å². The number of rotatable bonds is 3. The molecule has 4 rings (SSSR count). The Balaban J connectivity index is 1.57. The summed E-state index contributed by atoms with van der Waals surface area (Å²) in [6.45, 7) is 3.07. The van der Waals surface area contributed by atoms with Crippen molar-refractivity contribution in [3.63, 3.8) is 0 Å². The molecule has 0 radical (unpaired) electrons. The summed E-state index contributed by atoms with van der Waals surface area (Å²) < 4.78 is 6.99. The highest BCUT2D eigenvalue weighted by atomic mass is 16.5. The van der Waals surface area contributed by atoms with E-state index in [0.717, 1.165) is 10.2 Å². The lowest BCUT2D eigenvalue weighted by molar-refractivity contribution is -0.142. The lowest BCUT2D eigenvalue weighted by Crippen LogP contribution is -2.46. The molecule has 1 fully saturated rings. The fourth-order valence-corrected chi connectivity index (χ4v) is 3.34. The van der Waals surface area contributed by atoms with Crippen LogP contribution in [0, 0.1) is 0 Å². The van der Waals surface area contributed by atoms with E-state index in [1.54, 1.807) is 36.1 Å². The van der Waals surface area contributed by atoms with Gasteiger partial charge in [0.1, 0.15) is 17.7 Å². The molecule has 2 aromatic carbocycles. The predicted octanol–water partition coefficient (Wildman–Crippen LogP) is 1.95. The maximum atomic E-state index is 13.0. The van der Waals surface area contributed by atoms with Gasteiger partial charge in [-0.3, -0.25) is 9.59 Å². The van der Waals surface area contributed by atoms with E-state index >= 15 is 0 Å². The molecule has 138 valence electrons. The van der Waals surface area contributed by atoms with Gasteiger partial charge in [-0.25, -0.2) is 0 Å². The lowest BCUT2D eigenvalue weighted by atomic mass is 10.1. The Morgan fingerprint density at radius 1 is 1.15 bits per heavy atom. The predicted molar refractivity (Wildman–Crippen MR) is 100 cm³/mol.